The van der Waals surface area contributed by atoms with Crippen molar-refractivity contribution in [1.29, 1.82) is 0 Å². The average Bonchev–Trinajstić information content (AvgIpc) is 3.07. The molecular formula is C28H30N2O5S2. The summed E-state index contributed by atoms with van der Waals surface area (Å²) in [6, 6.07) is 14.3. The lowest BCUT2D eigenvalue weighted by atomic mass is 10.1. The third kappa shape index (κ3) is 6.93. The van der Waals surface area contributed by atoms with Crippen molar-refractivity contribution in [2.24, 2.45) is 0 Å². The van der Waals surface area contributed by atoms with Crippen molar-refractivity contribution in [2.45, 2.75) is 43.9 Å². The molecule has 7 nitrogen and oxygen atoms in total. The highest BCUT2D eigenvalue weighted by molar-refractivity contribution is 8.00. The zero-order chi connectivity index (χ0) is 26.2. The number of ether oxygens (including phenoxy) is 2. The van der Waals surface area contributed by atoms with Crippen LogP contribution in [0.5, 0.6) is 5.75 Å². The Morgan fingerprint density at radius 1 is 1.00 bits per heavy atom. The molecule has 1 heterocycles. The van der Waals surface area contributed by atoms with Crippen LogP contribution < -0.4 is 15.4 Å². The van der Waals surface area contributed by atoms with Gasteiger partial charge in [-0.25, -0.2) is 4.79 Å². The Morgan fingerprint density at radius 3 is 2.62 bits per heavy atom. The predicted octanol–water partition coefficient (Wildman–Crippen LogP) is 6.19. The summed E-state index contributed by atoms with van der Waals surface area (Å²) >= 11 is 2.85. The van der Waals surface area contributed by atoms with Gasteiger partial charge in [0.25, 0.3) is 5.91 Å². The van der Waals surface area contributed by atoms with E-state index >= 15 is 0 Å². The van der Waals surface area contributed by atoms with Crippen LogP contribution in [-0.4, -0.2) is 37.3 Å². The average molecular weight is 539 g/mol. The van der Waals surface area contributed by atoms with E-state index in [0.29, 0.717) is 27.6 Å². The number of thiophene rings is 1. The number of hydrogen-bond donors (Lipinski definition) is 2. The number of carbonyl (C=O) groups excluding carboxylic acids is 3. The summed E-state index contributed by atoms with van der Waals surface area (Å²) in [6.45, 7) is 2.07. The van der Waals surface area contributed by atoms with Crippen LogP contribution in [0.15, 0.2) is 53.4 Å². The number of aryl methyl sites for hydroxylation is 1. The van der Waals surface area contributed by atoms with Gasteiger partial charge in [0.2, 0.25) is 5.91 Å². The SMILES string of the molecule is CCOC(=O)c1c(NC(=O)CSc2cccc(NC(=O)c3cccc(OC)c3)c2)sc2c1CCCCC2. The summed E-state index contributed by atoms with van der Waals surface area (Å²) in [5, 5.41) is 6.42. The maximum Gasteiger partial charge on any atom is 0.341 e. The second-order valence-electron chi connectivity index (χ2n) is 8.54. The van der Waals surface area contributed by atoms with Crippen LogP contribution in [0.1, 0.15) is 57.3 Å². The molecule has 4 rings (SSSR count). The summed E-state index contributed by atoms with van der Waals surface area (Å²) in [4.78, 5) is 40.2. The van der Waals surface area contributed by atoms with Crippen LogP contribution in [0, 0.1) is 0 Å². The molecule has 0 saturated carbocycles. The Morgan fingerprint density at radius 2 is 1.81 bits per heavy atom. The van der Waals surface area contributed by atoms with Gasteiger partial charge in [0.1, 0.15) is 10.8 Å². The third-order valence-electron chi connectivity index (χ3n) is 5.95. The number of carbonyl (C=O) groups is 3. The molecule has 0 saturated heterocycles. The number of rotatable bonds is 9. The summed E-state index contributed by atoms with van der Waals surface area (Å²) in [7, 11) is 1.56. The molecule has 1 aliphatic rings. The van der Waals surface area contributed by atoms with E-state index in [9.17, 15) is 14.4 Å². The number of thioether (sulfide) groups is 1. The fourth-order valence-electron chi connectivity index (χ4n) is 4.19. The van der Waals surface area contributed by atoms with Crippen molar-refractivity contribution in [2.75, 3.05) is 30.1 Å². The predicted molar refractivity (Wildman–Crippen MR) is 148 cm³/mol. The quantitative estimate of drug-likeness (QED) is 0.192. The van der Waals surface area contributed by atoms with Gasteiger partial charge in [-0.3, -0.25) is 9.59 Å². The highest BCUT2D eigenvalue weighted by atomic mass is 32.2. The van der Waals surface area contributed by atoms with Gasteiger partial charge in [-0.2, -0.15) is 0 Å². The monoisotopic (exact) mass is 538 g/mol. The molecule has 1 aliphatic carbocycles. The van der Waals surface area contributed by atoms with E-state index in [1.54, 1.807) is 44.4 Å². The number of fused-ring (bicyclic) bond motifs is 1. The van der Waals surface area contributed by atoms with Crippen LogP contribution >= 0.6 is 23.1 Å². The molecule has 37 heavy (non-hydrogen) atoms. The number of benzene rings is 2. The van der Waals surface area contributed by atoms with E-state index in [2.05, 4.69) is 10.6 Å². The van der Waals surface area contributed by atoms with Gasteiger partial charge in [-0.05, 0) is 74.6 Å². The van der Waals surface area contributed by atoms with Crippen molar-refractivity contribution in [3.63, 3.8) is 0 Å². The summed E-state index contributed by atoms with van der Waals surface area (Å²) in [5.74, 6) is -0.0425. The lowest BCUT2D eigenvalue weighted by molar-refractivity contribution is -0.113. The van der Waals surface area contributed by atoms with E-state index in [4.69, 9.17) is 9.47 Å². The molecule has 0 radical (unpaired) electrons. The van der Waals surface area contributed by atoms with Gasteiger partial charge in [0, 0.05) is 21.0 Å². The molecule has 0 atom stereocenters. The number of hydrogen-bond acceptors (Lipinski definition) is 7. The minimum absolute atomic E-state index is 0.165. The molecule has 2 aromatic carbocycles. The second kappa shape index (κ2) is 12.8. The first kappa shape index (κ1) is 26.8. The number of nitrogens with one attached hydrogen (secondary N) is 2. The third-order valence-corrected chi connectivity index (χ3v) is 8.15. The number of methoxy groups -OCH3 is 1. The second-order valence-corrected chi connectivity index (χ2v) is 10.7. The highest BCUT2D eigenvalue weighted by Crippen LogP contribution is 2.38. The van der Waals surface area contributed by atoms with Gasteiger partial charge in [-0.1, -0.05) is 18.6 Å². The molecule has 9 heteroatoms. The fourth-order valence-corrected chi connectivity index (χ4v) is 6.24. The Balaban J connectivity index is 1.40. The molecule has 0 unspecified atom stereocenters. The van der Waals surface area contributed by atoms with Gasteiger partial charge in [0.15, 0.2) is 0 Å². The first-order chi connectivity index (χ1) is 18.0. The van der Waals surface area contributed by atoms with Crippen molar-refractivity contribution in [1.82, 2.24) is 0 Å². The summed E-state index contributed by atoms with van der Waals surface area (Å²) < 4.78 is 10.5. The minimum atomic E-state index is -0.371. The number of anilines is 2. The van der Waals surface area contributed by atoms with Crippen LogP contribution in [0.3, 0.4) is 0 Å². The molecule has 194 valence electrons. The number of amides is 2. The molecular weight excluding hydrogens is 508 g/mol. The van der Waals surface area contributed by atoms with Crippen molar-refractivity contribution >= 4 is 51.6 Å². The fraction of sp³-hybridized carbons (Fsp3) is 0.321. The lowest BCUT2D eigenvalue weighted by Gasteiger charge is -2.10. The Labute approximate surface area is 224 Å². The van der Waals surface area contributed by atoms with E-state index in [1.807, 2.05) is 18.2 Å². The van der Waals surface area contributed by atoms with E-state index in [-0.39, 0.29) is 30.1 Å². The van der Waals surface area contributed by atoms with E-state index in [1.165, 1.54) is 28.0 Å². The largest absolute Gasteiger partial charge is 0.497 e. The maximum absolute atomic E-state index is 12.8. The molecule has 3 aromatic rings. The highest BCUT2D eigenvalue weighted by Gasteiger charge is 2.26. The molecule has 1 aromatic heterocycles. The zero-order valence-electron chi connectivity index (χ0n) is 20.9. The maximum atomic E-state index is 12.8. The minimum Gasteiger partial charge on any atom is -0.497 e. The van der Waals surface area contributed by atoms with Gasteiger partial charge < -0.3 is 20.1 Å². The van der Waals surface area contributed by atoms with Crippen molar-refractivity contribution in [3.05, 3.63) is 70.1 Å². The van der Waals surface area contributed by atoms with Gasteiger partial charge in [-0.15, -0.1) is 23.1 Å². The Bertz CT molecular complexity index is 1290. The molecule has 2 N–H and O–H groups in total. The smallest absolute Gasteiger partial charge is 0.341 e. The lowest BCUT2D eigenvalue weighted by Crippen LogP contribution is -2.17. The van der Waals surface area contributed by atoms with Crippen LogP contribution in [-0.2, 0) is 22.4 Å². The summed E-state index contributed by atoms with van der Waals surface area (Å²) in [5.41, 5.74) is 2.67. The first-order valence-corrected chi connectivity index (χ1v) is 14.1. The zero-order valence-corrected chi connectivity index (χ0v) is 22.6. The van der Waals surface area contributed by atoms with Crippen molar-refractivity contribution in [3.8, 4) is 5.75 Å². The Kier molecular flexibility index (Phi) is 9.24. The van der Waals surface area contributed by atoms with Gasteiger partial charge >= 0.3 is 5.97 Å². The van der Waals surface area contributed by atoms with E-state index in [0.717, 1.165) is 42.6 Å². The number of esters is 1. The molecule has 0 spiro atoms. The van der Waals surface area contributed by atoms with E-state index < -0.39 is 0 Å². The summed E-state index contributed by atoms with van der Waals surface area (Å²) in [6.07, 6.45) is 5.01. The Hall–Kier alpha value is -3.30. The standard InChI is InChI=1S/C28H30N2O5S2/c1-3-35-28(33)25-22-13-5-4-6-14-23(22)37-27(25)30-24(31)17-36-21-12-8-10-19(16-21)29-26(32)18-9-7-11-20(15-18)34-2/h7-12,15-16H,3-6,13-14,17H2,1-2H3,(H,29,32)(H,30,31). The molecule has 0 bridgehead atoms. The first-order valence-electron chi connectivity index (χ1n) is 12.3. The van der Waals surface area contributed by atoms with Crippen LogP contribution in [0.2, 0.25) is 0 Å². The van der Waals surface area contributed by atoms with Crippen LogP contribution in [0.4, 0.5) is 10.7 Å². The molecule has 0 aliphatic heterocycles. The molecule has 0 fully saturated rings. The molecule has 2 amide bonds. The van der Waals surface area contributed by atoms with Gasteiger partial charge in [0.05, 0.1) is 25.0 Å². The normalized spacial score (nSPS) is 12.7. The topological polar surface area (TPSA) is 93.7 Å². The van der Waals surface area contributed by atoms with Crippen molar-refractivity contribution < 1.29 is 23.9 Å². The van der Waals surface area contributed by atoms with Crippen LogP contribution in [0.25, 0.3) is 0 Å².